The van der Waals surface area contributed by atoms with Gasteiger partial charge >= 0.3 is 0 Å². The monoisotopic (exact) mass is 326 g/mol. The average Bonchev–Trinajstić information content (AvgIpc) is 2.60. The van der Waals surface area contributed by atoms with Gasteiger partial charge in [-0.25, -0.2) is 8.42 Å². The molecule has 20 heavy (non-hydrogen) atoms. The van der Waals surface area contributed by atoms with Crippen LogP contribution in [0.3, 0.4) is 0 Å². The van der Waals surface area contributed by atoms with E-state index in [0.717, 1.165) is 12.8 Å². The van der Waals surface area contributed by atoms with E-state index in [1.54, 1.807) is 0 Å². The molecule has 2 heterocycles. The van der Waals surface area contributed by atoms with E-state index in [0.29, 0.717) is 19.4 Å². The highest BCUT2D eigenvalue weighted by Crippen LogP contribution is 2.23. The standard InChI is InChI=1S/C11H22N2O5S2/c14-10-11-4-1-2-6-13(11)20(17,18)12-5-3-8-19(15,16)9-7-12/h11,14H,1-10H2. The van der Waals surface area contributed by atoms with Crippen LogP contribution in [0.5, 0.6) is 0 Å². The molecule has 1 unspecified atom stereocenters. The van der Waals surface area contributed by atoms with Gasteiger partial charge in [-0.15, -0.1) is 0 Å². The van der Waals surface area contributed by atoms with Crippen LogP contribution in [0.1, 0.15) is 25.7 Å². The summed E-state index contributed by atoms with van der Waals surface area (Å²) in [4.78, 5) is 0. The fourth-order valence-corrected chi connectivity index (χ4v) is 6.03. The molecule has 2 aliphatic rings. The van der Waals surface area contributed by atoms with Gasteiger partial charge in [-0.3, -0.25) is 0 Å². The number of hydrogen-bond donors (Lipinski definition) is 1. The lowest BCUT2D eigenvalue weighted by Crippen LogP contribution is -2.52. The minimum absolute atomic E-state index is 0.0132. The molecule has 0 saturated carbocycles. The van der Waals surface area contributed by atoms with E-state index in [4.69, 9.17) is 0 Å². The molecule has 0 radical (unpaired) electrons. The number of nitrogens with zero attached hydrogens (tertiary/aromatic N) is 2. The fraction of sp³-hybridized carbons (Fsp3) is 1.00. The molecule has 0 aliphatic carbocycles. The lowest BCUT2D eigenvalue weighted by atomic mass is 10.1. The van der Waals surface area contributed by atoms with Crippen LogP contribution in [-0.2, 0) is 20.0 Å². The lowest BCUT2D eigenvalue weighted by molar-refractivity contribution is 0.148. The van der Waals surface area contributed by atoms with Gasteiger partial charge in [-0.2, -0.15) is 17.0 Å². The van der Waals surface area contributed by atoms with Gasteiger partial charge in [0.15, 0.2) is 9.84 Å². The van der Waals surface area contributed by atoms with E-state index in [-0.39, 0.29) is 37.2 Å². The van der Waals surface area contributed by atoms with Gasteiger partial charge in [0.25, 0.3) is 10.2 Å². The van der Waals surface area contributed by atoms with Crippen LogP contribution in [0.4, 0.5) is 0 Å². The third kappa shape index (κ3) is 3.51. The first kappa shape index (κ1) is 16.2. The number of rotatable bonds is 3. The predicted molar refractivity (Wildman–Crippen MR) is 75.2 cm³/mol. The largest absolute Gasteiger partial charge is 0.395 e. The Hall–Kier alpha value is -0.220. The molecule has 0 amide bonds. The molecule has 1 N–H and O–H groups in total. The summed E-state index contributed by atoms with van der Waals surface area (Å²) in [5, 5.41) is 9.34. The first-order valence-corrected chi connectivity index (χ1v) is 10.2. The molecule has 2 rings (SSSR count). The van der Waals surface area contributed by atoms with E-state index in [1.165, 1.54) is 8.61 Å². The Labute approximate surface area is 120 Å². The van der Waals surface area contributed by atoms with Crippen LogP contribution in [0.25, 0.3) is 0 Å². The number of hydrogen-bond acceptors (Lipinski definition) is 5. The lowest BCUT2D eigenvalue weighted by Gasteiger charge is -2.36. The van der Waals surface area contributed by atoms with Crippen molar-refractivity contribution in [2.75, 3.05) is 37.7 Å². The van der Waals surface area contributed by atoms with Crippen molar-refractivity contribution in [1.29, 1.82) is 0 Å². The zero-order chi connectivity index (χ0) is 14.8. The first-order valence-electron chi connectivity index (χ1n) is 6.95. The van der Waals surface area contributed by atoms with Crippen LogP contribution in [0, 0.1) is 0 Å². The van der Waals surface area contributed by atoms with Gasteiger partial charge in [-0.1, -0.05) is 6.42 Å². The van der Waals surface area contributed by atoms with E-state index >= 15 is 0 Å². The van der Waals surface area contributed by atoms with Gasteiger partial charge in [0.1, 0.15) is 0 Å². The maximum absolute atomic E-state index is 12.6. The zero-order valence-corrected chi connectivity index (χ0v) is 13.1. The molecular formula is C11H22N2O5S2. The number of sulfone groups is 1. The first-order chi connectivity index (χ1) is 9.37. The Bertz CT molecular complexity index is 531. The molecule has 9 heteroatoms. The Morgan fingerprint density at radius 2 is 1.80 bits per heavy atom. The topological polar surface area (TPSA) is 95.0 Å². The second-order valence-corrected chi connectivity index (χ2v) is 9.54. The summed E-state index contributed by atoms with van der Waals surface area (Å²) in [5.74, 6) is -0.0771. The molecule has 2 fully saturated rings. The molecule has 118 valence electrons. The van der Waals surface area contributed by atoms with Crippen molar-refractivity contribution < 1.29 is 21.9 Å². The maximum atomic E-state index is 12.6. The quantitative estimate of drug-likeness (QED) is 0.732. The highest BCUT2D eigenvalue weighted by atomic mass is 32.2. The van der Waals surface area contributed by atoms with Gasteiger partial charge in [0.2, 0.25) is 0 Å². The summed E-state index contributed by atoms with van der Waals surface area (Å²) in [6.07, 6.45) is 2.68. The molecule has 2 saturated heterocycles. The van der Waals surface area contributed by atoms with Crippen LogP contribution in [0.15, 0.2) is 0 Å². The molecule has 0 aromatic carbocycles. The van der Waals surface area contributed by atoms with Crippen molar-refractivity contribution in [2.24, 2.45) is 0 Å². The molecule has 2 aliphatic heterocycles. The van der Waals surface area contributed by atoms with Crippen LogP contribution in [-0.4, -0.2) is 74.3 Å². The van der Waals surface area contributed by atoms with Gasteiger partial charge in [0, 0.05) is 25.7 Å². The minimum Gasteiger partial charge on any atom is -0.395 e. The van der Waals surface area contributed by atoms with E-state index in [1.807, 2.05) is 0 Å². The number of piperidine rings is 1. The van der Waals surface area contributed by atoms with Crippen molar-refractivity contribution >= 4 is 20.0 Å². The molecule has 1 atom stereocenters. The smallest absolute Gasteiger partial charge is 0.282 e. The Morgan fingerprint density at radius 3 is 2.50 bits per heavy atom. The van der Waals surface area contributed by atoms with Gasteiger partial charge in [-0.05, 0) is 19.3 Å². The normalized spacial score (nSPS) is 29.9. The highest BCUT2D eigenvalue weighted by molar-refractivity contribution is 7.91. The van der Waals surface area contributed by atoms with Gasteiger partial charge < -0.3 is 5.11 Å². The summed E-state index contributed by atoms with van der Waals surface area (Å²) in [5.41, 5.74) is 0. The second kappa shape index (κ2) is 6.27. The highest BCUT2D eigenvalue weighted by Gasteiger charge is 2.37. The Kier molecular flexibility index (Phi) is 5.06. The third-order valence-corrected chi connectivity index (χ3v) is 7.73. The average molecular weight is 326 g/mol. The van der Waals surface area contributed by atoms with Crippen molar-refractivity contribution in [2.45, 2.75) is 31.7 Å². The molecule has 0 aromatic rings. The van der Waals surface area contributed by atoms with Crippen molar-refractivity contribution in [3.8, 4) is 0 Å². The Balaban J connectivity index is 2.16. The number of aliphatic hydroxyl groups is 1. The minimum atomic E-state index is -3.68. The van der Waals surface area contributed by atoms with Crippen LogP contribution >= 0.6 is 0 Å². The SMILES string of the molecule is O=S1(=O)CCCN(S(=O)(=O)N2CCCCC2CO)CC1. The summed E-state index contributed by atoms with van der Waals surface area (Å²) in [6.45, 7) is 0.456. The van der Waals surface area contributed by atoms with Crippen molar-refractivity contribution in [3.05, 3.63) is 0 Å². The van der Waals surface area contributed by atoms with E-state index in [2.05, 4.69) is 0 Å². The third-order valence-electron chi connectivity index (χ3n) is 3.92. The molecular weight excluding hydrogens is 304 g/mol. The molecule has 0 spiro atoms. The zero-order valence-electron chi connectivity index (χ0n) is 11.4. The van der Waals surface area contributed by atoms with Crippen LogP contribution in [0.2, 0.25) is 0 Å². The predicted octanol–water partition coefficient (Wildman–Crippen LogP) is -0.801. The van der Waals surface area contributed by atoms with Gasteiger partial charge in [0.05, 0.1) is 18.1 Å². The van der Waals surface area contributed by atoms with Crippen molar-refractivity contribution in [1.82, 2.24) is 8.61 Å². The summed E-state index contributed by atoms with van der Waals surface area (Å²) in [6, 6.07) is -0.381. The molecule has 0 aromatic heterocycles. The van der Waals surface area contributed by atoms with E-state index in [9.17, 15) is 21.9 Å². The summed E-state index contributed by atoms with van der Waals surface area (Å²) >= 11 is 0. The molecule has 0 bridgehead atoms. The molecule has 7 nitrogen and oxygen atoms in total. The number of aliphatic hydroxyl groups excluding tert-OH is 1. The van der Waals surface area contributed by atoms with E-state index < -0.39 is 20.0 Å². The fourth-order valence-electron chi connectivity index (χ4n) is 2.75. The second-order valence-electron chi connectivity index (χ2n) is 5.36. The Morgan fingerprint density at radius 1 is 1.05 bits per heavy atom. The maximum Gasteiger partial charge on any atom is 0.282 e. The summed E-state index contributed by atoms with van der Waals surface area (Å²) < 4.78 is 51.0. The van der Waals surface area contributed by atoms with Crippen molar-refractivity contribution in [3.63, 3.8) is 0 Å². The van der Waals surface area contributed by atoms with Crippen LogP contribution < -0.4 is 0 Å². The summed E-state index contributed by atoms with van der Waals surface area (Å²) in [7, 11) is -6.81.